The molecule has 2 N–H and O–H groups in total. The van der Waals surface area contributed by atoms with Crippen LogP contribution < -0.4 is 10.6 Å². The maximum Gasteiger partial charge on any atom is 0.434 e. The number of thiazole rings is 1. The van der Waals surface area contributed by atoms with Gasteiger partial charge < -0.3 is 10.6 Å². The molecule has 1 aliphatic rings. The molecule has 27 heavy (non-hydrogen) atoms. The Balaban J connectivity index is 1.51. The van der Waals surface area contributed by atoms with Crippen LogP contribution in [0, 0.1) is 0 Å². The molecule has 0 spiro atoms. The van der Waals surface area contributed by atoms with Gasteiger partial charge in [-0.25, -0.2) is 4.98 Å². The van der Waals surface area contributed by atoms with E-state index in [-0.39, 0.29) is 17.5 Å². The fraction of sp³-hybridized carbons (Fsp3) is 0.471. The lowest BCUT2D eigenvalue weighted by Crippen LogP contribution is -2.37. The summed E-state index contributed by atoms with van der Waals surface area (Å²) in [5, 5.41) is 6.18. The van der Waals surface area contributed by atoms with Crippen LogP contribution in [0.15, 0.2) is 11.4 Å². The van der Waals surface area contributed by atoms with Gasteiger partial charge in [-0.05, 0) is 44.2 Å². The van der Waals surface area contributed by atoms with Gasteiger partial charge in [-0.1, -0.05) is 0 Å². The van der Waals surface area contributed by atoms with Gasteiger partial charge in [0.15, 0.2) is 5.69 Å². The largest absolute Gasteiger partial charge is 0.434 e. The van der Waals surface area contributed by atoms with E-state index in [1.807, 2.05) is 6.07 Å². The summed E-state index contributed by atoms with van der Waals surface area (Å²) in [5.41, 5.74) is 0.234. The average Bonchev–Trinajstić information content (AvgIpc) is 3.26. The molecule has 5 nitrogen and oxygen atoms in total. The van der Waals surface area contributed by atoms with Gasteiger partial charge in [0, 0.05) is 10.3 Å². The van der Waals surface area contributed by atoms with Crippen LogP contribution in [0.5, 0.6) is 0 Å². The van der Waals surface area contributed by atoms with Crippen molar-refractivity contribution in [3.8, 4) is 0 Å². The monoisotopic (exact) mass is 417 g/mol. The van der Waals surface area contributed by atoms with E-state index in [0.717, 1.165) is 42.4 Å². The van der Waals surface area contributed by atoms with Gasteiger partial charge in [-0.3, -0.25) is 9.59 Å². The highest BCUT2D eigenvalue weighted by Crippen LogP contribution is 2.32. The van der Waals surface area contributed by atoms with Gasteiger partial charge in [0.2, 0.25) is 5.91 Å². The van der Waals surface area contributed by atoms with Gasteiger partial charge in [0.25, 0.3) is 5.91 Å². The van der Waals surface area contributed by atoms with Crippen molar-refractivity contribution in [3.63, 3.8) is 0 Å². The molecule has 2 aromatic heterocycles. The Kier molecular flexibility index (Phi) is 5.85. The van der Waals surface area contributed by atoms with E-state index in [1.54, 1.807) is 6.92 Å². The van der Waals surface area contributed by atoms with E-state index in [2.05, 4.69) is 15.6 Å². The molecular formula is C17H18F3N3O2S2. The van der Waals surface area contributed by atoms with Gasteiger partial charge in [-0.15, -0.1) is 22.7 Å². The maximum atomic E-state index is 12.6. The first kappa shape index (κ1) is 19.8. The van der Waals surface area contributed by atoms with E-state index >= 15 is 0 Å². The molecule has 2 aromatic rings. The SMILES string of the molecule is C[C@@H](NC(=O)CNC(=O)c1cc2c(s1)CCCC2)c1nc(C(F)(F)F)cs1. The second kappa shape index (κ2) is 7.97. The molecule has 0 unspecified atom stereocenters. The van der Waals surface area contributed by atoms with Crippen molar-refractivity contribution in [1.82, 2.24) is 15.6 Å². The van der Waals surface area contributed by atoms with Crippen molar-refractivity contribution in [1.29, 1.82) is 0 Å². The molecule has 0 saturated carbocycles. The number of aryl methyl sites for hydroxylation is 2. The Bertz CT molecular complexity index is 821. The first-order valence-electron chi connectivity index (χ1n) is 8.46. The lowest BCUT2D eigenvalue weighted by Gasteiger charge is -2.11. The number of halogens is 3. The Morgan fingerprint density at radius 3 is 2.70 bits per heavy atom. The molecule has 3 rings (SSSR count). The second-order valence-electron chi connectivity index (χ2n) is 6.31. The van der Waals surface area contributed by atoms with Crippen LogP contribution in [0.1, 0.15) is 56.6 Å². The summed E-state index contributed by atoms with van der Waals surface area (Å²) in [6, 6.07) is 1.20. The molecule has 0 radical (unpaired) electrons. The Morgan fingerprint density at radius 1 is 1.30 bits per heavy atom. The number of carbonyl (C=O) groups excluding carboxylic acids is 2. The maximum absolute atomic E-state index is 12.6. The summed E-state index contributed by atoms with van der Waals surface area (Å²) < 4.78 is 37.8. The molecule has 0 saturated heterocycles. The molecule has 0 bridgehead atoms. The summed E-state index contributed by atoms with van der Waals surface area (Å²) in [5.74, 6) is -0.799. The first-order valence-corrected chi connectivity index (χ1v) is 10.2. The molecule has 0 aliphatic heterocycles. The standard InChI is InChI=1S/C17H18F3N3O2S2/c1-9(16-23-13(8-26-16)17(18,19)20)22-14(24)7-21-15(25)12-6-10-4-2-3-5-11(10)27-12/h6,8-9H,2-5,7H2,1H3,(H,21,25)(H,22,24)/t9-/m1/s1. The molecule has 1 atom stereocenters. The number of nitrogens with zero attached hydrogens (tertiary/aromatic N) is 1. The van der Waals surface area contributed by atoms with Crippen LogP contribution in [-0.2, 0) is 23.8 Å². The fourth-order valence-corrected chi connectivity index (χ4v) is 4.82. The van der Waals surface area contributed by atoms with Crippen molar-refractivity contribution in [2.45, 2.75) is 44.8 Å². The summed E-state index contributed by atoms with van der Waals surface area (Å²) in [6.45, 7) is 1.30. The van der Waals surface area contributed by atoms with E-state index in [4.69, 9.17) is 0 Å². The van der Waals surface area contributed by atoms with Crippen molar-refractivity contribution in [3.05, 3.63) is 37.5 Å². The van der Waals surface area contributed by atoms with E-state index in [1.165, 1.54) is 21.8 Å². The number of hydrogen-bond acceptors (Lipinski definition) is 5. The third kappa shape index (κ3) is 4.86. The minimum atomic E-state index is -4.51. The van der Waals surface area contributed by atoms with Crippen molar-refractivity contribution in [2.75, 3.05) is 6.54 Å². The molecule has 0 fully saturated rings. The highest BCUT2D eigenvalue weighted by Gasteiger charge is 2.34. The van der Waals surface area contributed by atoms with Gasteiger partial charge >= 0.3 is 6.18 Å². The minimum absolute atomic E-state index is 0.160. The van der Waals surface area contributed by atoms with Crippen molar-refractivity contribution in [2.24, 2.45) is 0 Å². The zero-order valence-corrected chi connectivity index (χ0v) is 16.1. The van der Waals surface area contributed by atoms with E-state index < -0.39 is 23.8 Å². The number of carbonyl (C=O) groups is 2. The highest BCUT2D eigenvalue weighted by atomic mass is 32.1. The van der Waals surface area contributed by atoms with Gasteiger partial charge in [0.05, 0.1) is 17.5 Å². The molecule has 146 valence electrons. The van der Waals surface area contributed by atoms with Crippen molar-refractivity contribution >= 4 is 34.5 Å². The number of amides is 2. The summed E-state index contributed by atoms with van der Waals surface area (Å²) in [4.78, 5) is 29.5. The van der Waals surface area contributed by atoms with Crippen LogP contribution >= 0.6 is 22.7 Å². The van der Waals surface area contributed by atoms with Gasteiger partial charge in [0.1, 0.15) is 5.01 Å². The Morgan fingerprint density at radius 2 is 2.04 bits per heavy atom. The predicted octanol–water partition coefficient (Wildman–Crippen LogP) is 3.71. The molecule has 2 heterocycles. The number of aromatic nitrogens is 1. The van der Waals surface area contributed by atoms with Crippen LogP contribution in [-0.4, -0.2) is 23.3 Å². The zero-order chi connectivity index (χ0) is 19.6. The normalized spacial score (nSPS) is 15.1. The summed E-state index contributed by atoms with van der Waals surface area (Å²) >= 11 is 2.28. The third-order valence-corrected chi connectivity index (χ3v) is 6.45. The van der Waals surface area contributed by atoms with Crippen LogP contribution in [0.3, 0.4) is 0 Å². The summed E-state index contributed by atoms with van der Waals surface area (Å²) in [7, 11) is 0. The van der Waals surface area contributed by atoms with Crippen LogP contribution in [0.4, 0.5) is 13.2 Å². The van der Waals surface area contributed by atoms with Crippen molar-refractivity contribution < 1.29 is 22.8 Å². The number of thiophene rings is 1. The summed E-state index contributed by atoms with van der Waals surface area (Å²) in [6.07, 6.45) is -0.296. The topological polar surface area (TPSA) is 71.1 Å². The average molecular weight is 417 g/mol. The molecule has 1 aliphatic carbocycles. The Labute approximate surface area is 162 Å². The lowest BCUT2D eigenvalue weighted by molar-refractivity contribution is -0.140. The number of alkyl halides is 3. The molecule has 10 heteroatoms. The van der Waals surface area contributed by atoms with E-state index in [9.17, 15) is 22.8 Å². The second-order valence-corrected chi connectivity index (χ2v) is 8.33. The first-order chi connectivity index (χ1) is 12.7. The quantitative estimate of drug-likeness (QED) is 0.779. The number of fused-ring (bicyclic) bond motifs is 1. The van der Waals surface area contributed by atoms with Crippen LogP contribution in [0.2, 0.25) is 0 Å². The van der Waals surface area contributed by atoms with Gasteiger partial charge in [-0.2, -0.15) is 13.2 Å². The molecule has 2 amide bonds. The predicted molar refractivity (Wildman–Crippen MR) is 97.0 cm³/mol. The van der Waals surface area contributed by atoms with E-state index in [0.29, 0.717) is 4.88 Å². The lowest BCUT2D eigenvalue weighted by atomic mass is 9.99. The molecule has 0 aromatic carbocycles. The molecular weight excluding hydrogens is 399 g/mol. The smallest absolute Gasteiger partial charge is 0.346 e. The van der Waals surface area contributed by atoms with Crippen LogP contribution in [0.25, 0.3) is 0 Å². The minimum Gasteiger partial charge on any atom is -0.346 e. The zero-order valence-electron chi connectivity index (χ0n) is 14.5. The number of hydrogen-bond donors (Lipinski definition) is 2. The third-order valence-electron chi connectivity index (χ3n) is 4.19. The fourth-order valence-electron chi connectivity index (χ4n) is 2.82. The number of rotatable bonds is 5. The number of nitrogens with one attached hydrogen (secondary N) is 2. The Hall–Kier alpha value is -1.94. The highest BCUT2D eigenvalue weighted by molar-refractivity contribution is 7.14.